The normalized spacial score (nSPS) is 19.2. The van der Waals surface area contributed by atoms with Crippen LogP contribution in [0.4, 0.5) is 5.69 Å². The van der Waals surface area contributed by atoms with Gasteiger partial charge in [0.1, 0.15) is 0 Å². The Bertz CT molecular complexity index is 461. The molecule has 1 heterocycles. The van der Waals surface area contributed by atoms with Crippen molar-refractivity contribution in [3.05, 3.63) is 28.2 Å². The molecular weight excluding hydrogens is 297 g/mol. The summed E-state index contributed by atoms with van der Waals surface area (Å²) in [6.07, 6.45) is 1.58. The summed E-state index contributed by atoms with van der Waals surface area (Å²) < 4.78 is 0. The summed E-state index contributed by atoms with van der Waals surface area (Å²) >= 11 is 12.0. The number of anilines is 1. The Labute approximate surface area is 129 Å². The standard InChI is InChI=1S/C14H19Cl2N3O/c1-17-10-5-7-19(9-10)8-6-13(20)18-14-11(15)3-2-4-12(14)16/h2-4,10,17H,5-9H2,1H3,(H,18,20). The number of nitrogens with zero attached hydrogens (tertiary/aromatic N) is 1. The summed E-state index contributed by atoms with van der Waals surface area (Å²) in [5.41, 5.74) is 0.496. The van der Waals surface area contributed by atoms with Crippen LogP contribution in [-0.2, 0) is 4.79 Å². The van der Waals surface area contributed by atoms with Gasteiger partial charge in [0.05, 0.1) is 15.7 Å². The Morgan fingerprint density at radius 3 is 2.70 bits per heavy atom. The van der Waals surface area contributed by atoms with Crippen LogP contribution in [0.2, 0.25) is 10.0 Å². The summed E-state index contributed by atoms with van der Waals surface area (Å²) in [6.45, 7) is 2.79. The first kappa shape index (κ1) is 15.6. The van der Waals surface area contributed by atoms with Crippen molar-refractivity contribution in [1.82, 2.24) is 10.2 Å². The molecule has 1 unspecified atom stereocenters. The molecule has 0 aromatic heterocycles. The summed E-state index contributed by atoms with van der Waals surface area (Å²) in [4.78, 5) is 14.2. The summed E-state index contributed by atoms with van der Waals surface area (Å²) in [6, 6.07) is 5.71. The second-order valence-corrected chi connectivity index (χ2v) is 5.78. The molecule has 1 aromatic rings. The lowest BCUT2D eigenvalue weighted by Gasteiger charge is -2.16. The van der Waals surface area contributed by atoms with Crippen molar-refractivity contribution in [3.8, 4) is 0 Å². The number of para-hydroxylation sites is 1. The lowest BCUT2D eigenvalue weighted by Crippen LogP contribution is -2.31. The van der Waals surface area contributed by atoms with Crippen LogP contribution < -0.4 is 10.6 Å². The average Bonchev–Trinajstić information content (AvgIpc) is 2.89. The third-order valence-corrected chi connectivity index (χ3v) is 4.19. The number of hydrogen-bond donors (Lipinski definition) is 2. The molecule has 2 N–H and O–H groups in total. The number of carbonyl (C=O) groups is 1. The maximum atomic E-state index is 12.0. The molecule has 20 heavy (non-hydrogen) atoms. The zero-order valence-electron chi connectivity index (χ0n) is 11.5. The highest BCUT2D eigenvalue weighted by Gasteiger charge is 2.21. The highest BCUT2D eigenvalue weighted by molar-refractivity contribution is 6.39. The number of halogens is 2. The molecule has 0 radical (unpaired) electrons. The highest BCUT2D eigenvalue weighted by atomic mass is 35.5. The van der Waals surface area contributed by atoms with E-state index in [1.807, 2.05) is 7.05 Å². The van der Waals surface area contributed by atoms with Crippen molar-refractivity contribution in [3.63, 3.8) is 0 Å². The summed E-state index contributed by atoms with van der Waals surface area (Å²) in [5.74, 6) is -0.0621. The van der Waals surface area contributed by atoms with Gasteiger partial charge >= 0.3 is 0 Å². The lowest BCUT2D eigenvalue weighted by molar-refractivity contribution is -0.116. The van der Waals surface area contributed by atoms with Crippen LogP contribution in [0.1, 0.15) is 12.8 Å². The lowest BCUT2D eigenvalue weighted by atomic mass is 10.3. The van der Waals surface area contributed by atoms with Crippen LogP contribution in [0.15, 0.2) is 18.2 Å². The second-order valence-electron chi connectivity index (χ2n) is 4.97. The van der Waals surface area contributed by atoms with Crippen molar-refractivity contribution < 1.29 is 4.79 Å². The minimum absolute atomic E-state index is 0.0621. The van der Waals surface area contributed by atoms with Gasteiger partial charge in [-0.25, -0.2) is 0 Å². The summed E-state index contributed by atoms with van der Waals surface area (Å²) in [5, 5.41) is 6.96. The van der Waals surface area contributed by atoms with Crippen LogP contribution in [0, 0.1) is 0 Å². The fraction of sp³-hybridized carbons (Fsp3) is 0.500. The van der Waals surface area contributed by atoms with E-state index in [0.717, 1.165) is 26.1 Å². The van der Waals surface area contributed by atoms with E-state index in [0.29, 0.717) is 28.2 Å². The van der Waals surface area contributed by atoms with Crippen molar-refractivity contribution in [2.75, 3.05) is 32.0 Å². The molecule has 1 atom stereocenters. The van der Waals surface area contributed by atoms with Crippen molar-refractivity contribution >= 4 is 34.8 Å². The Kier molecular flexibility index (Phi) is 5.66. The Morgan fingerprint density at radius 1 is 1.40 bits per heavy atom. The van der Waals surface area contributed by atoms with Gasteiger partial charge in [0, 0.05) is 25.6 Å². The van der Waals surface area contributed by atoms with E-state index >= 15 is 0 Å². The first-order chi connectivity index (χ1) is 9.60. The molecule has 1 aliphatic heterocycles. The number of benzene rings is 1. The van der Waals surface area contributed by atoms with Crippen LogP contribution in [0.5, 0.6) is 0 Å². The third-order valence-electron chi connectivity index (χ3n) is 3.56. The van der Waals surface area contributed by atoms with Gasteiger partial charge in [-0.05, 0) is 32.1 Å². The highest BCUT2D eigenvalue weighted by Crippen LogP contribution is 2.29. The number of hydrogen-bond acceptors (Lipinski definition) is 3. The van der Waals surface area contributed by atoms with Gasteiger partial charge in [-0.1, -0.05) is 29.3 Å². The molecule has 2 rings (SSSR count). The number of carbonyl (C=O) groups excluding carboxylic acids is 1. The van der Waals surface area contributed by atoms with Gasteiger partial charge < -0.3 is 15.5 Å². The number of likely N-dealkylation sites (tertiary alicyclic amines) is 1. The van der Waals surface area contributed by atoms with E-state index in [1.165, 1.54) is 0 Å². The predicted octanol–water partition coefficient (Wildman–Crippen LogP) is 2.62. The molecule has 110 valence electrons. The van der Waals surface area contributed by atoms with Crippen molar-refractivity contribution in [1.29, 1.82) is 0 Å². The number of rotatable bonds is 5. The van der Waals surface area contributed by atoms with Crippen molar-refractivity contribution in [2.45, 2.75) is 18.9 Å². The minimum atomic E-state index is -0.0621. The van der Waals surface area contributed by atoms with E-state index in [1.54, 1.807) is 18.2 Å². The first-order valence-electron chi connectivity index (χ1n) is 6.73. The van der Waals surface area contributed by atoms with Crippen LogP contribution >= 0.6 is 23.2 Å². The molecule has 1 aromatic carbocycles. The van der Waals surface area contributed by atoms with Crippen LogP contribution in [-0.4, -0.2) is 43.5 Å². The summed E-state index contributed by atoms with van der Waals surface area (Å²) in [7, 11) is 1.97. The van der Waals surface area contributed by atoms with Gasteiger partial charge in [0.25, 0.3) is 0 Å². The first-order valence-corrected chi connectivity index (χ1v) is 7.49. The topological polar surface area (TPSA) is 44.4 Å². The Hall–Kier alpha value is -0.810. The molecule has 1 fully saturated rings. The van der Waals surface area contributed by atoms with Gasteiger partial charge in [0.15, 0.2) is 0 Å². The average molecular weight is 316 g/mol. The Morgan fingerprint density at radius 2 is 2.10 bits per heavy atom. The zero-order chi connectivity index (χ0) is 14.5. The molecule has 4 nitrogen and oxygen atoms in total. The monoisotopic (exact) mass is 315 g/mol. The Balaban J connectivity index is 1.81. The number of nitrogens with one attached hydrogen (secondary N) is 2. The zero-order valence-corrected chi connectivity index (χ0v) is 13.0. The second kappa shape index (κ2) is 7.27. The van der Waals surface area contributed by atoms with E-state index < -0.39 is 0 Å². The molecule has 0 aliphatic carbocycles. The fourth-order valence-electron chi connectivity index (χ4n) is 2.35. The van der Waals surface area contributed by atoms with Gasteiger partial charge in [-0.15, -0.1) is 0 Å². The minimum Gasteiger partial charge on any atom is -0.324 e. The molecular formula is C14H19Cl2N3O. The molecule has 0 spiro atoms. The van der Waals surface area contributed by atoms with E-state index in [4.69, 9.17) is 23.2 Å². The maximum absolute atomic E-state index is 12.0. The van der Waals surface area contributed by atoms with E-state index in [2.05, 4.69) is 15.5 Å². The molecule has 0 bridgehead atoms. The predicted molar refractivity (Wildman–Crippen MR) is 83.6 cm³/mol. The molecule has 1 amide bonds. The largest absolute Gasteiger partial charge is 0.324 e. The van der Waals surface area contributed by atoms with Crippen LogP contribution in [0.3, 0.4) is 0 Å². The molecule has 1 saturated heterocycles. The molecule has 6 heteroatoms. The SMILES string of the molecule is CNC1CCN(CCC(=O)Nc2c(Cl)cccc2Cl)C1. The fourth-order valence-corrected chi connectivity index (χ4v) is 2.84. The van der Waals surface area contributed by atoms with Crippen molar-refractivity contribution in [2.24, 2.45) is 0 Å². The van der Waals surface area contributed by atoms with Crippen LogP contribution in [0.25, 0.3) is 0 Å². The van der Waals surface area contributed by atoms with E-state index in [9.17, 15) is 4.79 Å². The quantitative estimate of drug-likeness (QED) is 0.878. The number of amides is 1. The third kappa shape index (κ3) is 4.09. The van der Waals surface area contributed by atoms with E-state index in [-0.39, 0.29) is 5.91 Å². The molecule has 1 aliphatic rings. The van der Waals surface area contributed by atoms with Gasteiger partial charge in [-0.3, -0.25) is 4.79 Å². The molecule has 0 saturated carbocycles. The van der Waals surface area contributed by atoms with Gasteiger partial charge in [-0.2, -0.15) is 0 Å². The smallest absolute Gasteiger partial charge is 0.225 e. The van der Waals surface area contributed by atoms with Gasteiger partial charge in [0.2, 0.25) is 5.91 Å². The maximum Gasteiger partial charge on any atom is 0.225 e. The number of likely N-dealkylation sites (N-methyl/N-ethyl adjacent to an activating group) is 1.